The third-order valence-electron chi connectivity index (χ3n) is 7.46. The first-order chi connectivity index (χ1) is 11.3. The van der Waals surface area contributed by atoms with Gasteiger partial charge in [0.1, 0.15) is 0 Å². The van der Waals surface area contributed by atoms with E-state index < -0.39 is 6.10 Å². The second-order valence-corrected chi connectivity index (χ2v) is 8.62. The summed E-state index contributed by atoms with van der Waals surface area (Å²) in [6.07, 6.45) is 10.7. The predicted octanol–water partition coefficient (Wildman–Crippen LogP) is 3.39. The molecule has 0 amide bonds. The summed E-state index contributed by atoms with van der Waals surface area (Å²) in [7, 11) is 0. The van der Waals surface area contributed by atoms with E-state index >= 15 is 0 Å². The largest absolute Gasteiger partial charge is 0.393 e. The van der Waals surface area contributed by atoms with Crippen LogP contribution in [-0.4, -0.2) is 22.8 Å². The number of ketones is 2. The van der Waals surface area contributed by atoms with E-state index in [1.807, 2.05) is 6.08 Å². The van der Waals surface area contributed by atoms with E-state index in [1.165, 1.54) is 5.57 Å². The first kappa shape index (κ1) is 16.0. The molecule has 0 spiro atoms. The van der Waals surface area contributed by atoms with Gasteiger partial charge in [0.05, 0.1) is 6.10 Å². The lowest BCUT2D eigenvalue weighted by molar-refractivity contribution is -0.120. The molecule has 0 radical (unpaired) electrons. The molecular weight excluding hydrogens is 300 g/mol. The minimum atomic E-state index is -0.441. The molecule has 0 aromatic rings. The van der Waals surface area contributed by atoms with Crippen molar-refractivity contribution in [3.05, 3.63) is 35.5 Å². The van der Waals surface area contributed by atoms with Crippen molar-refractivity contribution in [1.29, 1.82) is 0 Å². The summed E-state index contributed by atoms with van der Waals surface area (Å²) in [5, 5.41) is 11.1. The molecule has 1 unspecified atom stereocenters. The van der Waals surface area contributed by atoms with Gasteiger partial charge in [-0.1, -0.05) is 31.6 Å². The summed E-state index contributed by atoms with van der Waals surface area (Å²) in [5.74, 6) is 1.18. The minimum absolute atomic E-state index is 0.0671. The highest BCUT2D eigenvalue weighted by Gasteiger charge is 2.60. The van der Waals surface area contributed by atoms with Crippen LogP contribution in [0.25, 0.3) is 0 Å². The lowest BCUT2D eigenvalue weighted by atomic mass is 9.47. The smallest absolute Gasteiger partial charge is 0.178 e. The number of carbonyl (C=O) groups excluding carboxylic acids is 2. The van der Waals surface area contributed by atoms with Crippen LogP contribution < -0.4 is 0 Å². The van der Waals surface area contributed by atoms with E-state index in [-0.39, 0.29) is 28.3 Å². The molecule has 3 nitrogen and oxygen atoms in total. The third kappa shape index (κ3) is 1.94. The molecule has 6 atom stereocenters. The van der Waals surface area contributed by atoms with Gasteiger partial charge in [0.2, 0.25) is 0 Å². The van der Waals surface area contributed by atoms with Crippen LogP contribution in [0.1, 0.15) is 46.5 Å². The number of hydrogen-bond acceptors (Lipinski definition) is 3. The highest BCUT2D eigenvalue weighted by Crippen LogP contribution is 2.64. The van der Waals surface area contributed by atoms with Crippen molar-refractivity contribution in [3.63, 3.8) is 0 Å². The minimum Gasteiger partial charge on any atom is -0.393 e. The van der Waals surface area contributed by atoms with Gasteiger partial charge in [0.25, 0.3) is 0 Å². The maximum atomic E-state index is 12.1. The number of hydrogen-bond donors (Lipinski definition) is 1. The second-order valence-electron chi connectivity index (χ2n) is 8.62. The van der Waals surface area contributed by atoms with Crippen LogP contribution in [0.2, 0.25) is 0 Å². The van der Waals surface area contributed by atoms with Gasteiger partial charge in [-0.25, -0.2) is 0 Å². The Labute approximate surface area is 143 Å². The fourth-order valence-corrected chi connectivity index (χ4v) is 6.44. The summed E-state index contributed by atoms with van der Waals surface area (Å²) in [5.41, 5.74) is 1.68. The van der Waals surface area contributed by atoms with Gasteiger partial charge >= 0.3 is 0 Å². The predicted molar refractivity (Wildman–Crippen MR) is 92.2 cm³/mol. The van der Waals surface area contributed by atoms with E-state index in [2.05, 4.69) is 19.9 Å². The van der Waals surface area contributed by atoms with Gasteiger partial charge in [-0.3, -0.25) is 9.59 Å². The van der Waals surface area contributed by atoms with Crippen LogP contribution in [0.3, 0.4) is 0 Å². The second kappa shape index (κ2) is 5.01. The van der Waals surface area contributed by atoms with Crippen molar-refractivity contribution in [3.8, 4) is 0 Å². The number of Topliss-reactive ketones (excluding diaryl/α,β-unsaturated/α-hetero) is 1. The summed E-state index contributed by atoms with van der Waals surface area (Å²) in [6, 6.07) is 0. The Morgan fingerprint density at radius 2 is 2.08 bits per heavy atom. The molecule has 1 N–H and O–H groups in total. The Kier molecular flexibility index (Phi) is 3.34. The zero-order valence-electron chi connectivity index (χ0n) is 14.7. The van der Waals surface area contributed by atoms with Gasteiger partial charge in [-0.05, 0) is 62.2 Å². The number of aliphatic hydroxyl groups excluding tert-OH is 1. The zero-order valence-corrected chi connectivity index (χ0v) is 14.7. The highest BCUT2D eigenvalue weighted by atomic mass is 16.3. The molecule has 4 rings (SSSR count). The van der Waals surface area contributed by atoms with Crippen LogP contribution >= 0.6 is 0 Å². The molecule has 0 bridgehead atoms. The van der Waals surface area contributed by atoms with Gasteiger partial charge in [-0.15, -0.1) is 0 Å². The molecule has 3 heteroatoms. The lowest BCUT2D eigenvalue weighted by Crippen LogP contribution is -2.55. The highest BCUT2D eigenvalue weighted by molar-refractivity contribution is 6.01. The van der Waals surface area contributed by atoms with Gasteiger partial charge < -0.3 is 5.11 Å². The fraction of sp³-hybridized carbons (Fsp3) is 0.619. The summed E-state index contributed by atoms with van der Waals surface area (Å²) < 4.78 is 0. The van der Waals surface area contributed by atoms with Gasteiger partial charge in [-0.2, -0.15) is 0 Å². The van der Waals surface area contributed by atoms with Gasteiger partial charge in [0.15, 0.2) is 11.6 Å². The van der Waals surface area contributed by atoms with Crippen LogP contribution in [0.5, 0.6) is 0 Å². The average Bonchev–Trinajstić information content (AvgIpc) is 2.84. The Morgan fingerprint density at radius 1 is 1.33 bits per heavy atom. The Hall–Kier alpha value is -1.48. The van der Waals surface area contributed by atoms with E-state index in [4.69, 9.17) is 0 Å². The molecule has 4 aliphatic rings. The van der Waals surface area contributed by atoms with E-state index in [0.717, 1.165) is 24.8 Å². The topological polar surface area (TPSA) is 54.4 Å². The van der Waals surface area contributed by atoms with Crippen molar-refractivity contribution >= 4 is 11.6 Å². The Morgan fingerprint density at radius 3 is 2.79 bits per heavy atom. The van der Waals surface area contributed by atoms with Crippen molar-refractivity contribution in [2.75, 3.05) is 0 Å². The van der Waals surface area contributed by atoms with Crippen LogP contribution in [-0.2, 0) is 9.59 Å². The normalized spacial score (nSPS) is 46.6. The maximum absolute atomic E-state index is 12.1. The van der Waals surface area contributed by atoms with E-state index in [0.29, 0.717) is 18.3 Å². The van der Waals surface area contributed by atoms with Crippen LogP contribution in [0.4, 0.5) is 0 Å². The van der Waals surface area contributed by atoms with Crippen molar-refractivity contribution < 1.29 is 14.7 Å². The molecule has 0 aliphatic heterocycles. The molecule has 0 aromatic carbocycles. The molecule has 0 heterocycles. The molecule has 2 saturated carbocycles. The van der Waals surface area contributed by atoms with Crippen LogP contribution in [0, 0.1) is 28.6 Å². The molecule has 0 saturated heterocycles. The number of fused-ring (bicyclic) bond motifs is 5. The summed E-state index contributed by atoms with van der Waals surface area (Å²) >= 11 is 0. The molecule has 2 fully saturated rings. The summed E-state index contributed by atoms with van der Waals surface area (Å²) in [6.45, 7) is 6.00. The van der Waals surface area contributed by atoms with Crippen LogP contribution in [0.15, 0.2) is 35.5 Å². The van der Waals surface area contributed by atoms with Gasteiger partial charge in [0, 0.05) is 16.7 Å². The maximum Gasteiger partial charge on any atom is 0.178 e. The van der Waals surface area contributed by atoms with E-state index in [9.17, 15) is 14.7 Å². The molecule has 0 aromatic heterocycles. The third-order valence-corrected chi connectivity index (χ3v) is 7.46. The number of aliphatic hydroxyl groups is 1. The monoisotopic (exact) mass is 326 g/mol. The number of allylic oxidation sites excluding steroid dienone is 6. The standard InChI is InChI=1S/C21H26O3/c1-12(22)16-6-7-17-15-5-4-13-10-14(23)8-9-20(13,2)19(15)18(24)11-21(16,17)3/h6,8-10,15,17-19,24H,4-5,7,11H2,1-3H3/t15-,17-,18?,19+,20-,21+/m0/s1. The van der Waals surface area contributed by atoms with Crippen molar-refractivity contribution in [2.24, 2.45) is 28.6 Å². The number of carbonyl (C=O) groups is 2. The van der Waals surface area contributed by atoms with E-state index in [1.54, 1.807) is 19.1 Å². The Bertz CT molecular complexity index is 713. The van der Waals surface area contributed by atoms with Crippen molar-refractivity contribution in [1.82, 2.24) is 0 Å². The van der Waals surface area contributed by atoms with Crippen molar-refractivity contribution in [2.45, 2.75) is 52.6 Å². The lowest BCUT2D eigenvalue weighted by Gasteiger charge is -2.58. The molecule has 4 aliphatic carbocycles. The first-order valence-electron chi connectivity index (χ1n) is 9.11. The molecule has 128 valence electrons. The number of rotatable bonds is 1. The molecule has 24 heavy (non-hydrogen) atoms. The zero-order chi connectivity index (χ0) is 17.3. The Balaban J connectivity index is 1.75. The SMILES string of the molecule is CC(=O)C1=CC[C@H]2[C@@H]3CCC4=CC(=O)C=C[C@]4(C)[C@H]3C(O)C[C@]12C. The fourth-order valence-electron chi connectivity index (χ4n) is 6.44. The summed E-state index contributed by atoms with van der Waals surface area (Å²) in [4.78, 5) is 23.9. The average molecular weight is 326 g/mol. The molecular formula is C21H26O3. The first-order valence-corrected chi connectivity index (χ1v) is 9.11. The quantitative estimate of drug-likeness (QED) is 0.803.